The molecule has 0 spiro atoms. The molecule has 0 aliphatic rings. The zero-order valence-corrected chi connectivity index (χ0v) is 11.7. The molecule has 1 amide bonds. The van der Waals surface area contributed by atoms with Crippen molar-refractivity contribution in [3.63, 3.8) is 0 Å². The molecule has 0 heterocycles. The number of hydrogen-bond acceptors (Lipinski definition) is 2. The van der Waals surface area contributed by atoms with E-state index in [1.54, 1.807) is 0 Å². The maximum atomic E-state index is 12.0. The molecular formula is C15H24N2O. The lowest BCUT2D eigenvalue weighted by atomic mass is 9.92. The lowest BCUT2D eigenvalue weighted by Gasteiger charge is -2.25. The minimum atomic E-state index is -0.143. The Hall–Kier alpha value is -1.35. The molecule has 0 aliphatic heterocycles. The fourth-order valence-electron chi connectivity index (χ4n) is 1.94. The molecule has 1 rings (SSSR count). The first kappa shape index (κ1) is 14.7. The number of nitrogens with one attached hydrogen (secondary N) is 1. The van der Waals surface area contributed by atoms with Crippen molar-refractivity contribution in [2.24, 2.45) is 17.6 Å². The van der Waals surface area contributed by atoms with Crippen molar-refractivity contribution in [1.82, 2.24) is 5.32 Å². The summed E-state index contributed by atoms with van der Waals surface area (Å²) in [5.74, 6) is 0.231. The van der Waals surface area contributed by atoms with E-state index in [1.165, 1.54) is 11.1 Å². The summed E-state index contributed by atoms with van der Waals surface area (Å²) in [6.45, 7) is 8.53. The van der Waals surface area contributed by atoms with E-state index < -0.39 is 0 Å². The average Bonchev–Trinajstić information content (AvgIpc) is 2.35. The highest BCUT2D eigenvalue weighted by molar-refractivity contribution is 5.79. The van der Waals surface area contributed by atoms with E-state index in [-0.39, 0.29) is 17.9 Å². The Morgan fingerprint density at radius 3 is 2.39 bits per heavy atom. The molecule has 3 nitrogen and oxygen atoms in total. The molecule has 100 valence electrons. The van der Waals surface area contributed by atoms with E-state index in [0.29, 0.717) is 12.5 Å². The highest BCUT2D eigenvalue weighted by atomic mass is 16.1. The fourth-order valence-corrected chi connectivity index (χ4v) is 1.94. The first-order valence-corrected chi connectivity index (χ1v) is 6.53. The molecule has 0 bridgehead atoms. The summed E-state index contributed by atoms with van der Waals surface area (Å²) in [6, 6.07) is 8.22. The molecule has 0 saturated carbocycles. The molecule has 2 atom stereocenters. The van der Waals surface area contributed by atoms with Gasteiger partial charge in [-0.3, -0.25) is 4.79 Å². The number of nitrogens with two attached hydrogens (primary N) is 1. The van der Waals surface area contributed by atoms with Gasteiger partial charge in [-0.1, -0.05) is 45.0 Å². The van der Waals surface area contributed by atoms with Crippen LogP contribution in [0.15, 0.2) is 24.3 Å². The Bertz CT molecular complexity index is 401. The van der Waals surface area contributed by atoms with Gasteiger partial charge >= 0.3 is 0 Å². The molecule has 3 heteroatoms. The fraction of sp³-hybridized carbons (Fsp3) is 0.533. The maximum Gasteiger partial charge on any atom is 0.224 e. The highest BCUT2D eigenvalue weighted by Crippen LogP contribution is 2.24. The molecule has 1 aromatic carbocycles. The van der Waals surface area contributed by atoms with E-state index in [4.69, 9.17) is 5.73 Å². The highest BCUT2D eigenvalue weighted by Gasteiger charge is 2.21. The third-order valence-electron chi connectivity index (χ3n) is 3.29. The van der Waals surface area contributed by atoms with Crippen molar-refractivity contribution in [2.45, 2.75) is 33.7 Å². The first-order chi connectivity index (χ1) is 8.47. The van der Waals surface area contributed by atoms with Gasteiger partial charge in [-0.05, 0) is 24.0 Å². The van der Waals surface area contributed by atoms with Crippen LogP contribution < -0.4 is 11.1 Å². The summed E-state index contributed by atoms with van der Waals surface area (Å²) in [4.78, 5) is 12.0. The van der Waals surface area contributed by atoms with Crippen LogP contribution in [-0.2, 0) is 4.79 Å². The first-order valence-electron chi connectivity index (χ1n) is 6.53. The van der Waals surface area contributed by atoms with Gasteiger partial charge in [-0.15, -0.1) is 0 Å². The Morgan fingerprint density at radius 1 is 1.28 bits per heavy atom. The van der Waals surface area contributed by atoms with Gasteiger partial charge in [0.1, 0.15) is 0 Å². The summed E-state index contributed by atoms with van der Waals surface area (Å²) in [7, 11) is 0. The third kappa shape index (κ3) is 3.57. The SMILES string of the molecule is Cc1ccccc1C(NC(=O)C(C)CN)C(C)C. The Morgan fingerprint density at radius 2 is 1.89 bits per heavy atom. The van der Waals surface area contributed by atoms with Crippen molar-refractivity contribution in [3.8, 4) is 0 Å². The van der Waals surface area contributed by atoms with Gasteiger partial charge in [0.2, 0.25) is 5.91 Å². The number of amides is 1. The van der Waals surface area contributed by atoms with Crippen molar-refractivity contribution in [3.05, 3.63) is 35.4 Å². The standard InChI is InChI=1S/C15H24N2O/c1-10(2)14(17-15(18)12(4)9-16)13-8-6-5-7-11(13)3/h5-8,10,12,14H,9,16H2,1-4H3,(H,17,18). The molecule has 0 aromatic heterocycles. The minimum absolute atomic E-state index is 0.0273. The second-order valence-corrected chi connectivity index (χ2v) is 5.22. The van der Waals surface area contributed by atoms with Crippen LogP contribution >= 0.6 is 0 Å². The normalized spacial score (nSPS) is 14.3. The van der Waals surface area contributed by atoms with Crippen LogP contribution in [-0.4, -0.2) is 12.5 Å². The van der Waals surface area contributed by atoms with E-state index in [0.717, 1.165) is 0 Å². The smallest absolute Gasteiger partial charge is 0.224 e. The van der Waals surface area contributed by atoms with E-state index in [9.17, 15) is 4.79 Å². The Labute approximate surface area is 110 Å². The van der Waals surface area contributed by atoms with Crippen LogP contribution in [0, 0.1) is 18.8 Å². The molecule has 0 fully saturated rings. The predicted molar refractivity (Wildman–Crippen MR) is 75.1 cm³/mol. The summed E-state index contributed by atoms with van der Waals surface area (Å²) in [5, 5.41) is 3.11. The number of benzene rings is 1. The van der Waals surface area contributed by atoms with Gasteiger partial charge in [0.25, 0.3) is 0 Å². The lowest BCUT2D eigenvalue weighted by molar-refractivity contribution is -0.125. The zero-order valence-electron chi connectivity index (χ0n) is 11.7. The molecule has 2 unspecified atom stereocenters. The largest absolute Gasteiger partial charge is 0.349 e. The summed E-state index contributed by atoms with van der Waals surface area (Å²) < 4.78 is 0. The van der Waals surface area contributed by atoms with Crippen LogP contribution in [0.2, 0.25) is 0 Å². The maximum absolute atomic E-state index is 12.0. The minimum Gasteiger partial charge on any atom is -0.349 e. The number of rotatable bonds is 5. The molecule has 0 saturated heterocycles. The Kier molecular flexibility index (Phi) is 5.35. The summed E-state index contributed by atoms with van der Waals surface area (Å²) in [6.07, 6.45) is 0. The van der Waals surface area contributed by atoms with Crippen LogP contribution in [0.3, 0.4) is 0 Å². The van der Waals surface area contributed by atoms with Crippen molar-refractivity contribution < 1.29 is 4.79 Å². The van der Waals surface area contributed by atoms with Gasteiger partial charge in [0, 0.05) is 12.5 Å². The molecule has 3 N–H and O–H groups in total. The average molecular weight is 248 g/mol. The number of carbonyl (C=O) groups excluding carboxylic acids is 1. The second-order valence-electron chi connectivity index (χ2n) is 5.22. The van der Waals surface area contributed by atoms with Crippen molar-refractivity contribution in [2.75, 3.05) is 6.54 Å². The second kappa shape index (κ2) is 6.55. The van der Waals surface area contributed by atoms with Crippen LogP contribution in [0.4, 0.5) is 0 Å². The number of carbonyl (C=O) groups is 1. The van der Waals surface area contributed by atoms with Gasteiger partial charge in [-0.25, -0.2) is 0 Å². The predicted octanol–water partition coefficient (Wildman–Crippen LogP) is 2.40. The molecule has 0 aliphatic carbocycles. The van der Waals surface area contributed by atoms with Crippen molar-refractivity contribution >= 4 is 5.91 Å². The van der Waals surface area contributed by atoms with Crippen LogP contribution in [0.1, 0.15) is 37.9 Å². The third-order valence-corrected chi connectivity index (χ3v) is 3.29. The van der Waals surface area contributed by atoms with Crippen molar-refractivity contribution in [1.29, 1.82) is 0 Å². The molecular weight excluding hydrogens is 224 g/mol. The lowest BCUT2D eigenvalue weighted by Crippen LogP contribution is -2.38. The van der Waals surface area contributed by atoms with Gasteiger partial charge < -0.3 is 11.1 Å². The monoisotopic (exact) mass is 248 g/mol. The van der Waals surface area contributed by atoms with E-state index >= 15 is 0 Å². The number of aryl methyl sites for hydroxylation is 1. The van der Waals surface area contributed by atoms with Crippen LogP contribution in [0.25, 0.3) is 0 Å². The van der Waals surface area contributed by atoms with E-state index in [1.807, 2.05) is 19.1 Å². The van der Waals surface area contributed by atoms with Crippen LogP contribution in [0.5, 0.6) is 0 Å². The summed E-state index contributed by atoms with van der Waals surface area (Å²) in [5.41, 5.74) is 7.92. The quantitative estimate of drug-likeness (QED) is 0.840. The molecule has 0 radical (unpaired) electrons. The van der Waals surface area contributed by atoms with Gasteiger partial charge in [-0.2, -0.15) is 0 Å². The molecule has 18 heavy (non-hydrogen) atoms. The van der Waals surface area contributed by atoms with E-state index in [2.05, 4.69) is 38.2 Å². The topological polar surface area (TPSA) is 55.1 Å². The number of hydrogen-bond donors (Lipinski definition) is 2. The Balaban J connectivity index is 2.91. The van der Waals surface area contributed by atoms with Gasteiger partial charge in [0.15, 0.2) is 0 Å². The molecule has 1 aromatic rings. The zero-order chi connectivity index (χ0) is 13.7. The summed E-state index contributed by atoms with van der Waals surface area (Å²) >= 11 is 0. The van der Waals surface area contributed by atoms with Gasteiger partial charge in [0.05, 0.1) is 6.04 Å².